The van der Waals surface area contributed by atoms with Gasteiger partial charge in [0.1, 0.15) is 27.6 Å². The van der Waals surface area contributed by atoms with E-state index in [0.29, 0.717) is 35.6 Å². The van der Waals surface area contributed by atoms with Crippen LogP contribution in [0.2, 0.25) is 0 Å². The molecule has 1 fully saturated rings. The number of benzene rings is 2. The largest absolute Gasteiger partial charge is 0.353 e. The number of anilines is 1. The van der Waals surface area contributed by atoms with E-state index in [1.54, 1.807) is 24.3 Å². The highest BCUT2D eigenvalue weighted by atomic mass is 32.2. The minimum absolute atomic E-state index is 0.153. The summed E-state index contributed by atoms with van der Waals surface area (Å²) in [4.78, 5) is 14.3. The number of hydrogen-bond donors (Lipinski definition) is 0. The maximum absolute atomic E-state index is 13.2. The quantitative estimate of drug-likeness (QED) is 0.447. The van der Waals surface area contributed by atoms with Gasteiger partial charge >= 0.3 is 0 Å². The lowest BCUT2D eigenvalue weighted by atomic mass is 10.3. The van der Waals surface area contributed by atoms with Gasteiger partial charge in [-0.1, -0.05) is 6.07 Å². The van der Waals surface area contributed by atoms with Gasteiger partial charge < -0.3 is 4.90 Å². The van der Waals surface area contributed by atoms with Crippen molar-refractivity contribution in [1.29, 1.82) is 0 Å². The molecule has 0 aliphatic carbocycles. The lowest BCUT2D eigenvalue weighted by Crippen LogP contribution is -2.49. The van der Waals surface area contributed by atoms with Gasteiger partial charge in [-0.2, -0.15) is 17.7 Å². The van der Waals surface area contributed by atoms with Crippen LogP contribution in [-0.4, -0.2) is 57.4 Å². The Bertz CT molecular complexity index is 1440. The molecular weight excluding hydrogens is 455 g/mol. The second kappa shape index (κ2) is 8.04. The monoisotopic (exact) mass is 472 g/mol. The van der Waals surface area contributed by atoms with Crippen LogP contribution in [0.3, 0.4) is 0 Å². The van der Waals surface area contributed by atoms with E-state index >= 15 is 0 Å². The van der Waals surface area contributed by atoms with Crippen molar-refractivity contribution >= 4 is 38.6 Å². The Labute approximate surface area is 186 Å². The molecule has 3 heterocycles. The van der Waals surface area contributed by atoms with E-state index in [1.165, 1.54) is 39.3 Å². The first-order chi connectivity index (χ1) is 15.4. The van der Waals surface area contributed by atoms with Gasteiger partial charge in [0.15, 0.2) is 0 Å². The highest BCUT2D eigenvalue weighted by molar-refractivity contribution is 7.89. The SMILES string of the molecule is O=c1ccc(N2CCN(S(=O)(=O)c3cccc4nsnc34)CC2)nn1-c1ccc(F)cc1. The molecule has 0 radical (unpaired) electrons. The van der Waals surface area contributed by atoms with Crippen LogP contribution in [0.4, 0.5) is 10.2 Å². The number of piperazine rings is 1. The Kier molecular flexibility index (Phi) is 5.19. The summed E-state index contributed by atoms with van der Waals surface area (Å²) < 4.78 is 50.5. The van der Waals surface area contributed by atoms with Gasteiger partial charge in [-0.3, -0.25) is 4.79 Å². The van der Waals surface area contributed by atoms with Crippen molar-refractivity contribution in [2.75, 3.05) is 31.1 Å². The standard InChI is InChI=1S/C20H17FN6O3S2/c21-14-4-6-15(7-5-14)27-19(28)9-8-18(22-27)25-10-12-26(13-11-25)32(29,30)17-3-1-2-16-20(17)24-31-23-16/h1-9H,10-13H2. The van der Waals surface area contributed by atoms with E-state index in [9.17, 15) is 17.6 Å². The molecule has 0 saturated carbocycles. The average molecular weight is 473 g/mol. The maximum atomic E-state index is 13.2. The first kappa shape index (κ1) is 20.7. The molecule has 2 aromatic heterocycles. The molecule has 32 heavy (non-hydrogen) atoms. The fourth-order valence-electron chi connectivity index (χ4n) is 3.62. The Morgan fingerprint density at radius 1 is 0.906 bits per heavy atom. The number of hydrogen-bond acceptors (Lipinski definition) is 8. The zero-order valence-electron chi connectivity index (χ0n) is 16.6. The smallest absolute Gasteiger partial charge is 0.271 e. The van der Waals surface area contributed by atoms with Crippen molar-refractivity contribution in [3.05, 3.63) is 70.8 Å². The summed E-state index contributed by atoms with van der Waals surface area (Å²) in [5, 5.41) is 4.40. The molecule has 0 atom stereocenters. The summed E-state index contributed by atoms with van der Waals surface area (Å²) >= 11 is 0.981. The van der Waals surface area contributed by atoms with Crippen molar-refractivity contribution < 1.29 is 12.8 Å². The molecule has 1 aliphatic heterocycles. The van der Waals surface area contributed by atoms with Crippen molar-refractivity contribution in [3.63, 3.8) is 0 Å². The number of halogens is 1. The molecule has 9 nitrogen and oxygen atoms in total. The summed E-state index contributed by atoms with van der Waals surface area (Å²) in [6, 6.07) is 13.4. The number of sulfonamides is 1. The molecule has 12 heteroatoms. The van der Waals surface area contributed by atoms with Crippen molar-refractivity contribution in [3.8, 4) is 5.69 Å². The molecule has 2 aromatic carbocycles. The van der Waals surface area contributed by atoms with Crippen LogP contribution in [0, 0.1) is 5.82 Å². The van der Waals surface area contributed by atoms with E-state index in [2.05, 4.69) is 13.8 Å². The van der Waals surface area contributed by atoms with Crippen LogP contribution in [0.25, 0.3) is 16.7 Å². The third-order valence-electron chi connectivity index (χ3n) is 5.29. The van der Waals surface area contributed by atoms with E-state index in [-0.39, 0.29) is 23.5 Å². The van der Waals surface area contributed by atoms with Crippen LogP contribution >= 0.6 is 11.7 Å². The predicted molar refractivity (Wildman–Crippen MR) is 118 cm³/mol. The van der Waals surface area contributed by atoms with Crippen LogP contribution in [0.1, 0.15) is 0 Å². The van der Waals surface area contributed by atoms with E-state index in [4.69, 9.17) is 0 Å². The lowest BCUT2D eigenvalue weighted by molar-refractivity contribution is 0.383. The van der Waals surface area contributed by atoms with Gasteiger partial charge in [-0.25, -0.2) is 12.8 Å². The minimum atomic E-state index is -3.73. The molecule has 4 aromatic rings. The fraction of sp³-hybridized carbons (Fsp3) is 0.200. The number of fused-ring (bicyclic) bond motifs is 1. The van der Waals surface area contributed by atoms with Crippen molar-refractivity contribution in [2.45, 2.75) is 4.90 Å². The van der Waals surface area contributed by atoms with Crippen LogP contribution < -0.4 is 10.5 Å². The van der Waals surface area contributed by atoms with Gasteiger partial charge in [-0.15, -0.1) is 5.10 Å². The summed E-state index contributed by atoms with van der Waals surface area (Å²) in [5.41, 5.74) is 1.05. The third kappa shape index (κ3) is 3.66. The Morgan fingerprint density at radius 2 is 1.66 bits per heavy atom. The molecule has 0 amide bonds. The second-order valence-corrected chi connectivity index (χ2v) is 9.63. The topological polar surface area (TPSA) is 101 Å². The van der Waals surface area contributed by atoms with Gasteiger partial charge in [0.05, 0.1) is 17.4 Å². The summed E-state index contributed by atoms with van der Waals surface area (Å²) in [7, 11) is -3.73. The predicted octanol–water partition coefficient (Wildman–Crippen LogP) is 1.89. The van der Waals surface area contributed by atoms with Crippen LogP contribution in [-0.2, 0) is 10.0 Å². The average Bonchev–Trinajstić information content (AvgIpc) is 3.29. The zero-order valence-corrected chi connectivity index (χ0v) is 18.3. The number of rotatable bonds is 4. The second-order valence-electron chi connectivity index (χ2n) is 7.20. The number of aromatic nitrogens is 4. The summed E-state index contributed by atoms with van der Waals surface area (Å²) in [6.07, 6.45) is 0. The van der Waals surface area contributed by atoms with Crippen LogP contribution in [0.5, 0.6) is 0 Å². The summed E-state index contributed by atoms with van der Waals surface area (Å²) in [6.45, 7) is 1.32. The zero-order chi connectivity index (χ0) is 22.3. The van der Waals surface area contributed by atoms with Gasteiger partial charge in [0.2, 0.25) is 10.0 Å². The highest BCUT2D eigenvalue weighted by Gasteiger charge is 2.31. The van der Waals surface area contributed by atoms with Gasteiger partial charge in [0.25, 0.3) is 5.56 Å². The Balaban J connectivity index is 1.37. The van der Waals surface area contributed by atoms with Crippen molar-refractivity contribution in [2.24, 2.45) is 0 Å². The molecule has 0 N–H and O–H groups in total. The van der Waals surface area contributed by atoms with E-state index < -0.39 is 15.8 Å². The van der Waals surface area contributed by atoms with Crippen LogP contribution in [0.15, 0.2) is 64.3 Å². The van der Waals surface area contributed by atoms with Gasteiger partial charge in [0, 0.05) is 32.2 Å². The Hall–Kier alpha value is -3.22. The molecule has 0 unspecified atom stereocenters. The Morgan fingerprint density at radius 3 is 2.41 bits per heavy atom. The molecule has 0 spiro atoms. The molecule has 164 valence electrons. The first-order valence-corrected chi connectivity index (χ1v) is 11.9. The molecule has 5 rings (SSSR count). The first-order valence-electron chi connectivity index (χ1n) is 9.76. The highest BCUT2D eigenvalue weighted by Crippen LogP contribution is 2.25. The normalized spacial score (nSPS) is 15.3. The molecule has 0 bridgehead atoms. The fourth-order valence-corrected chi connectivity index (χ4v) is 5.80. The van der Waals surface area contributed by atoms with E-state index in [1.807, 2.05) is 4.90 Å². The third-order valence-corrected chi connectivity index (χ3v) is 7.76. The minimum Gasteiger partial charge on any atom is -0.353 e. The van der Waals surface area contributed by atoms with Gasteiger partial charge in [-0.05, 0) is 42.5 Å². The molecular formula is C20H17FN6O3S2. The summed E-state index contributed by atoms with van der Waals surface area (Å²) in [5.74, 6) is 0.135. The maximum Gasteiger partial charge on any atom is 0.271 e. The molecule has 1 aliphatic rings. The lowest BCUT2D eigenvalue weighted by Gasteiger charge is -2.34. The molecule has 1 saturated heterocycles. The van der Waals surface area contributed by atoms with Crippen molar-refractivity contribution in [1.82, 2.24) is 22.8 Å². The number of nitrogens with zero attached hydrogens (tertiary/aromatic N) is 6. The van der Waals surface area contributed by atoms with E-state index in [0.717, 1.165) is 11.7 Å².